The molecule has 5 nitrogen and oxygen atoms in total. The van der Waals surface area contributed by atoms with E-state index in [1.165, 1.54) is 16.2 Å². The normalized spacial score (nSPS) is 14.0. The fraction of sp³-hybridized carbons (Fsp3) is 0.0476. The Balaban J connectivity index is 1.79. The number of benzene rings is 2. The average molecular weight is 376 g/mol. The molecule has 6 heteroatoms. The molecule has 0 fully saturated rings. The number of carbonyl (C=O) groups is 2. The number of anilines is 2. The van der Waals surface area contributed by atoms with Crippen LogP contribution in [-0.4, -0.2) is 18.9 Å². The van der Waals surface area contributed by atoms with Crippen LogP contribution >= 0.6 is 11.3 Å². The Bertz CT molecular complexity index is 1030. The monoisotopic (exact) mass is 376 g/mol. The third-order valence-corrected chi connectivity index (χ3v) is 5.09. The first-order valence-electron chi connectivity index (χ1n) is 8.32. The van der Waals surface area contributed by atoms with Crippen molar-refractivity contribution < 1.29 is 14.3 Å². The van der Waals surface area contributed by atoms with Gasteiger partial charge in [-0.05, 0) is 35.7 Å². The Labute approximate surface area is 160 Å². The highest BCUT2D eigenvalue weighted by Gasteiger charge is 2.40. The Morgan fingerprint density at radius 2 is 1.74 bits per heavy atom. The largest absolute Gasteiger partial charge is 0.497 e. The highest BCUT2D eigenvalue weighted by atomic mass is 32.1. The highest BCUT2D eigenvalue weighted by molar-refractivity contribution is 7.11. The summed E-state index contributed by atoms with van der Waals surface area (Å²) in [5, 5.41) is 5.01. The van der Waals surface area contributed by atoms with Gasteiger partial charge in [-0.1, -0.05) is 30.3 Å². The van der Waals surface area contributed by atoms with E-state index in [1.807, 2.05) is 41.8 Å². The van der Waals surface area contributed by atoms with Crippen LogP contribution in [0.1, 0.15) is 4.88 Å². The van der Waals surface area contributed by atoms with Crippen LogP contribution < -0.4 is 15.0 Å². The lowest BCUT2D eigenvalue weighted by Gasteiger charge is -2.15. The van der Waals surface area contributed by atoms with E-state index in [2.05, 4.69) is 5.32 Å². The number of ether oxygens (including phenoxy) is 1. The van der Waals surface area contributed by atoms with E-state index in [0.717, 1.165) is 4.88 Å². The second kappa shape index (κ2) is 7.09. The van der Waals surface area contributed by atoms with Crippen LogP contribution in [0.2, 0.25) is 0 Å². The van der Waals surface area contributed by atoms with Gasteiger partial charge in [-0.2, -0.15) is 0 Å². The lowest BCUT2D eigenvalue weighted by atomic mass is 10.2. The molecule has 0 unspecified atom stereocenters. The summed E-state index contributed by atoms with van der Waals surface area (Å²) in [5.41, 5.74) is 1.86. The molecule has 3 aromatic rings. The first kappa shape index (κ1) is 17.1. The van der Waals surface area contributed by atoms with Crippen molar-refractivity contribution in [3.05, 3.63) is 82.7 Å². The van der Waals surface area contributed by atoms with Gasteiger partial charge in [0.2, 0.25) is 0 Å². The minimum atomic E-state index is -0.377. The van der Waals surface area contributed by atoms with Crippen molar-refractivity contribution in [2.45, 2.75) is 0 Å². The molecule has 27 heavy (non-hydrogen) atoms. The van der Waals surface area contributed by atoms with Crippen LogP contribution in [0, 0.1) is 0 Å². The van der Waals surface area contributed by atoms with Crippen molar-refractivity contribution in [1.82, 2.24) is 0 Å². The maximum atomic E-state index is 13.1. The second-order valence-electron chi connectivity index (χ2n) is 5.87. The van der Waals surface area contributed by atoms with E-state index in [1.54, 1.807) is 37.4 Å². The summed E-state index contributed by atoms with van der Waals surface area (Å²) in [6.45, 7) is 0. The summed E-state index contributed by atoms with van der Waals surface area (Å²) in [5.74, 6) is -0.0496. The van der Waals surface area contributed by atoms with Crippen molar-refractivity contribution in [1.29, 1.82) is 0 Å². The minimum Gasteiger partial charge on any atom is -0.497 e. The van der Waals surface area contributed by atoms with Gasteiger partial charge < -0.3 is 10.1 Å². The SMILES string of the molecule is COc1cccc(NC2=C(c3cccs3)C(=O)N(c3ccccc3)C2=O)c1. The van der Waals surface area contributed by atoms with Crippen molar-refractivity contribution in [2.24, 2.45) is 0 Å². The molecule has 2 heterocycles. The molecule has 0 saturated heterocycles. The molecule has 0 bridgehead atoms. The van der Waals surface area contributed by atoms with Crippen LogP contribution in [0.3, 0.4) is 0 Å². The maximum absolute atomic E-state index is 13.1. The third-order valence-electron chi connectivity index (χ3n) is 4.20. The van der Waals surface area contributed by atoms with Crippen molar-refractivity contribution >= 4 is 40.1 Å². The van der Waals surface area contributed by atoms with E-state index in [9.17, 15) is 9.59 Å². The molecular formula is C21H16N2O3S. The summed E-state index contributed by atoms with van der Waals surface area (Å²) < 4.78 is 5.24. The van der Waals surface area contributed by atoms with E-state index in [0.29, 0.717) is 22.7 Å². The molecule has 1 aliphatic heterocycles. The molecule has 1 aromatic heterocycles. The molecule has 0 saturated carbocycles. The maximum Gasteiger partial charge on any atom is 0.282 e. The average Bonchev–Trinajstić information content (AvgIpc) is 3.30. The number of imide groups is 1. The van der Waals surface area contributed by atoms with E-state index in [4.69, 9.17) is 4.74 Å². The molecule has 4 rings (SSSR count). The third kappa shape index (κ3) is 3.11. The van der Waals surface area contributed by atoms with Gasteiger partial charge in [0.1, 0.15) is 11.4 Å². The topological polar surface area (TPSA) is 58.6 Å². The quantitative estimate of drug-likeness (QED) is 0.680. The number of rotatable bonds is 5. The van der Waals surface area contributed by atoms with Gasteiger partial charge in [-0.15, -0.1) is 11.3 Å². The minimum absolute atomic E-state index is 0.263. The lowest BCUT2D eigenvalue weighted by Crippen LogP contribution is -2.32. The Kier molecular flexibility index (Phi) is 4.48. The van der Waals surface area contributed by atoms with Gasteiger partial charge in [0.05, 0.1) is 18.4 Å². The summed E-state index contributed by atoms with van der Waals surface area (Å²) in [6, 6.07) is 19.9. The van der Waals surface area contributed by atoms with E-state index < -0.39 is 0 Å². The molecule has 1 aliphatic rings. The summed E-state index contributed by atoms with van der Waals surface area (Å²) in [4.78, 5) is 28.2. The van der Waals surface area contributed by atoms with Gasteiger partial charge in [0.25, 0.3) is 11.8 Å². The van der Waals surface area contributed by atoms with Gasteiger partial charge in [0.15, 0.2) is 0 Å². The van der Waals surface area contributed by atoms with E-state index >= 15 is 0 Å². The molecule has 0 spiro atoms. The molecule has 0 atom stereocenters. The number of carbonyl (C=O) groups excluding carboxylic acids is 2. The number of amides is 2. The number of hydrogen-bond acceptors (Lipinski definition) is 5. The number of methoxy groups -OCH3 is 1. The van der Waals surface area contributed by atoms with Gasteiger partial charge in [-0.25, -0.2) is 4.90 Å². The number of thiophene rings is 1. The molecule has 134 valence electrons. The predicted molar refractivity (Wildman–Crippen MR) is 107 cm³/mol. The first-order chi connectivity index (χ1) is 13.2. The highest BCUT2D eigenvalue weighted by Crippen LogP contribution is 2.35. The van der Waals surface area contributed by atoms with Crippen molar-refractivity contribution in [3.8, 4) is 5.75 Å². The van der Waals surface area contributed by atoms with Crippen LogP contribution in [-0.2, 0) is 9.59 Å². The number of para-hydroxylation sites is 1. The summed E-state index contributed by atoms with van der Waals surface area (Å²) in [6.07, 6.45) is 0. The smallest absolute Gasteiger partial charge is 0.282 e. The zero-order valence-corrected chi connectivity index (χ0v) is 15.3. The van der Waals surface area contributed by atoms with Crippen LogP contribution in [0.4, 0.5) is 11.4 Å². The molecule has 0 radical (unpaired) electrons. The Hall–Kier alpha value is -3.38. The molecule has 1 N–H and O–H groups in total. The number of nitrogens with zero attached hydrogens (tertiary/aromatic N) is 1. The summed E-state index contributed by atoms with van der Waals surface area (Å²) >= 11 is 1.42. The van der Waals surface area contributed by atoms with Crippen molar-refractivity contribution in [3.63, 3.8) is 0 Å². The van der Waals surface area contributed by atoms with Gasteiger partial charge in [0, 0.05) is 16.6 Å². The number of hydrogen-bond donors (Lipinski definition) is 1. The molecule has 2 amide bonds. The standard InChI is InChI=1S/C21H16N2O3S/c1-26-16-10-5-7-14(13-16)22-19-18(17-11-6-12-27-17)20(24)23(21(19)25)15-8-3-2-4-9-15/h2-13,22H,1H3. The zero-order chi connectivity index (χ0) is 18.8. The second-order valence-corrected chi connectivity index (χ2v) is 6.81. The van der Waals surface area contributed by atoms with Crippen molar-refractivity contribution in [2.75, 3.05) is 17.3 Å². The number of nitrogens with one attached hydrogen (secondary N) is 1. The van der Waals surface area contributed by atoms with Crippen LogP contribution in [0.25, 0.3) is 5.57 Å². The van der Waals surface area contributed by atoms with Crippen LogP contribution in [0.15, 0.2) is 77.8 Å². The molecule has 0 aliphatic carbocycles. The predicted octanol–water partition coefficient (Wildman–Crippen LogP) is 4.15. The zero-order valence-electron chi connectivity index (χ0n) is 14.5. The first-order valence-corrected chi connectivity index (χ1v) is 9.20. The Morgan fingerprint density at radius 1 is 0.926 bits per heavy atom. The molecular weight excluding hydrogens is 360 g/mol. The summed E-state index contributed by atoms with van der Waals surface area (Å²) in [7, 11) is 1.58. The van der Waals surface area contributed by atoms with Gasteiger partial charge in [-0.3, -0.25) is 9.59 Å². The molecule has 2 aromatic carbocycles. The Morgan fingerprint density at radius 3 is 2.44 bits per heavy atom. The fourth-order valence-electron chi connectivity index (χ4n) is 2.95. The lowest BCUT2D eigenvalue weighted by molar-refractivity contribution is -0.120. The fourth-order valence-corrected chi connectivity index (χ4v) is 3.72. The van der Waals surface area contributed by atoms with E-state index in [-0.39, 0.29) is 17.5 Å². The van der Waals surface area contributed by atoms with Crippen LogP contribution in [0.5, 0.6) is 5.75 Å². The van der Waals surface area contributed by atoms with Gasteiger partial charge >= 0.3 is 0 Å².